The molecule has 0 aromatic carbocycles. The van der Waals surface area contributed by atoms with E-state index in [1.807, 2.05) is 32.2 Å². The number of nitrogens with one attached hydrogen (secondary N) is 1. The van der Waals surface area contributed by atoms with E-state index in [1.165, 1.54) is 0 Å². The van der Waals surface area contributed by atoms with Gasteiger partial charge in [-0.05, 0) is 32.3 Å². The second-order valence-electron chi connectivity index (χ2n) is 6.80. The van der Waals surface area contributed by atoms with Crippen molar-refractivity contribution in [2.75, 3.05) is 20.2 Å². The van der Waals surface area contributed by atoms with Gasteiger partial charge in [0, 0.05) is 49.9 Å². The largest absolute Gasteiger partial charge is 0.481 e. The number of rotatable bonds is 7. The molecule has 2 aromatic rings. The van der Waals surface area contributed by atoms with Crippen molar-refractivity contribution < 1.29 is 14.1 Å². The summed E-state index contributed by atoms with van der Waals surface area (Å²) in [5.74, 6) is 1.51. The second kappa shape index (κ2) is 8.31. The molecule has 0 aliphatic carbocycles. The monoisotopic (exact) mass is 358 g/mol. The number of ether oxygens (including phenoxy) is 1. The summed E-state index contributed by atoms with van der Waals surface area (Å²) in [5.41, 5.74) is 3.06. The van der Waals surface area contributed by atoms with Crippen molar-refractivity contribution in [1.29, 1.82) is 0 Å². The van der Waals surface area contributed by atoms with E-state index in [1.54, 1.807) is 7.11 Å². The summed E-state index contributed by atoms with van der Waals surface area (Å²) in [6, 6.07) is 4.11. The summed E-state index contributed by atoms with van der Waals surface area (Å²) >= 11 is 0. The Hall–Kier alpha value is -2.41. The highest BCUT2D eigenvalue weighted by atomic mass is 16.5. The lowest BCUT2D eigenvalue weighted by Crippen LogP contribution is -2.37. The first-order valence-electron chi connectivity index (χ1n) is 8.97. The molecule has 26 heavy (non-hydrogen) atoms. The highest BCUT2D eigenvalue weighted by molar-refractivity contribution is 5.76. The second-order valence-corrected chi connectivity index (χ2v) is 6.80. The molecule has 1 saturated heterocycles. The van der Waals surface area contributed by atoms with Crippen LogP contribution >= 0.6 is 0 Å². The molecular weight excluding hydrogens is 332 g/mol. The zero-order chi connectivity index (χ0) is 18.5. The quantitative estimate of drug-likeness (QED) is 0.816. The van der Waals surface area contributed by atoms with Crippen LogP contribution in [-0.4, -0.2) is 47.2 Å². The van der Waals surface area contributed by atoms with Gasteiger partial charge >= 0.3 is 0 Å². The first kappa shape index (κ1) is 18.4. The van der Waals surface area contributed by atoms with Gasteiger partial charge in [0.2, 0.25) is 11.8 Å². The molecular formula is C19H26N4O3. The number of aromatic nitrogens is 2. The van der Waals surface area contributed by atoms with Crippen LogP contribution in [0.5, 0.6) is 5.88 Å². The van der Waals surface area contributed by atoms with Gasteiger partial charge in [-0.25, -0.2) is 4.98 Å². The maximum atomic E-state index is 12.2. The Morgan fingerprint density at radius 3 is 2.92 bits per heavy atom. The standard InChI is InChI=1S/C19H26N4O3/c1-13-17(14(2)26-22-13)5-6-18(24)21-16-8-9-23(12-16)11-15-4-7-19(25-3)20-10-15/h4,7,10,16H,5-6,8-9,11-12H2,1-3H3,(H,21,24). The van der Waals surface area contributed by atoms with E-state index in [9.17, 15) is 4.79 Å². The van der Waals surface area contributed by atoms with E-state index in [4.69, 9.17) is 9.26 Å². The Labute approximate surface area is 153 Å². The van der Waals surface area contributed by atoms with Crippen LogP contribution in [0.2, 0.25) is 0 Å². The highest BCUT2D eigenvalue weighted by Crippen LogP contribution is 2.16. The number of carbonyl (C=O) groups excluding carboxylic acids is 1. The van der Waals surface area contributed by atoms with Crippen molar-refractivity contribution in [3.05, 3.63) is 40.9 Å². The Morgan fingerprint density at radius 1 is 1.42 bits per heavy atom. The Morgan fingerprint density at radius 2 is 2.27 bits per heavy atom. The minimum Gasteiger partial charge on any atom is -0.481 e. The molecule has 3 heterocycles. The lowest BCUT2D eigenvalue weighted by Gasteiger charge is -2.16. The summed E-state index contributed by atoms with van der Waals surface area (Å²) in [6.07, 6.45) is 3.94. The van der Waals surface area contributed by atoms with E-state index in [0.717, 1.165) is 48.6 Å². The summed E-state index contributed by atoms with van der Waals surface area (Å²) < 4.78 is 10.2. The first-order chi connectivity index (χ1) is 12.5. The minimum absolute atomic E-state index is 0.0861. The summed E-state index contributed by atoms with van der Waals surface area (Å²) in [7, 11) is 1.61. The number of hydrogen-bond donors (Lipinski definition) is 1. The summed E-state index contributed by atoms with van der Waals surface area (Å²) in [5, 5.41) is 7.08. The van der Waals surface area contributed by atoms with E-state index in [2.05, 4.69) is 20.4 Å². The van der Waals surface area contributed by atoms with Crippen LogP contribution in [-0.2, 0) is 17.8 Å². The van der Waals surface area contributed by atoms with E-state index >= 15 is 0 Å². The number of carbonyl (C=O) groups is 1. The van der Waals surface area contributed by atoms with Crippen molar-refractivity contribution in [3.8, 4) is 5.88 Å². The number of hydrogen-bond acceptors (Lipinski definition) is 6. The third-order valence-corrected chi connectivity index (χ3v) is 4.83. The predicted octanol–water partition coefficient (Wildman–Crippen LogP) is 2.02. The maximum absolute atomic E-state index is 12.2. The molecule has 3 rings (SSSR count). The number of likely N-dealkylation sites (tertiary alicyclic amines) is 1. The van der Waals surface area contributed by atoms with Crippen LogP contribution in [0.4, 0.5) is 0 Å². The summed E-state index contributed by atoms with van der Waals surface area (Å²) in [4.78, 5) is 18.8. The third-order valence-electron chi connectivity index (χ3n) is 4.83. The molecule has 140 valence electrons. The highest BCUT2D eigenvalue weighted by Gasteiger charge is 2.24. The van der Waals surface area contributed by atoms with Crippen LogP contribution in [0.15, 0.2) is 22.9 Å². The number of nitrogens with zero attached hydrogens (tertiary/aromatic N) is 3. The van der Waals surface area contributed by atoms with Crippen LogP contribution in [0.25, 0.3) is 0 Å². The van der Waals surface area contributed by atoms with Crippen molar-refractivity contribution >= 4 is 5.91 Å². The lowest BCUT2D eigenvalue weighted by molar-refractivity contribution is -0.121. The van der Waals surface area contributed by atoms with Crippen molar-refractivity contribution in [1.82, 2.24) is 20.4 Å². The van der Waals surface area contributed by atoms with Crippen molar-refractivity contribution in [2.24, 2.45) is 0 Å². The van der Waals surface area contributed by atoms with Crippen LogP contribution in [0.1, 0.15) is 35.4 Å². The molecule has 1 atom stereocenters. The van der Waals surface area contributed by atoms with Gasteiger partial charge in [0.05, 0.1) is 12.8 Å². The average molecular weight is 358 g/mol. The molecule has 1 amide bonds. The number of aryl methyl sites for hydroxylation is 2. The van der Waals surface area contributed by atoms with Crippen molar-refractivity contribution in [2.45, 2.75) is 45.7 Å². The molecule has 1 aliphatic rings. The van der Waals surface area contributed by atoms with Gasteiger partial charge in [0.15, 0.2) is 0 Å². The van der Waals surface area contributed by atoms with Gasteiger partial charge in [0.1, 0.15) is 5.76 Å². The summed E-state index contributed by atoms with van der Waals surface area (Å²) in [6.45, 7) is 6.47. The fraction of sp³-hybridized carbons (Fsp3) is 0.526. The van der Waals surface area contributed by atoms with Gasteiger partial charge in [-0.2, -0.15) is 0 Å². The molecule has 2 aromatic heterocycles. The smallest absolute Gasteiger partial charge is 0.220 e. The third kappa shape index (κ3) is 4.60. The Balaban J connectivity index is 1.42. The first-order valence-corrected chi connectivity index (χ1v) is 8.97. The molecule has 0 bridgehead atoms. The van der Waals surface area contributed by atoms with Crippen LogP contribution in [0, 0.1) is 13.8 Å². The van der Waals surface area contributed by atoms with Crippen molar-refractivity contribution in [3.63, 3.8) is 0 Å². The molecule has 1 fully saturated rings. The Bertz CT molecular complexity index is 722. The molecule has 1 aliphatic heterocycles. The molecule has 0 saturated carbocycles. The minimum atomic E-state index is 0.0861. The molecule has 0 radical (unpaired) electrons. The zero-order valence-electron chi connectivity index (χ0n) is 15.6. The van der Waals surface area contributed by atoms with E-state index in [-0.39, 0.29) is 11.9 Å². The predicted molar refractivity (Wildman–Crippen MR) is 96.9 cm³/mol. The molecule has 0 spiro atoms. The van der Waals surface area contributed by atoms with Gasteiger partial charge in [-0.15, -0.1) is 0 Å². The molecule has 7 nitrogen and oxygen atoms in total. The molecule has 7 heteroatoms. The fourth-order valence-corrected chi connectivity index (χ4v) is 3.37. The molecule has 1 N–H and O–H groups in total. The number of amides is 1. The lowest BCUT2D eigenvalue weighted by atomic mass is 10.1. The topological polar surface area (TPSA) is 80.5 Å². The van der Waals surface area contributed by atoms with Gasteiger partial charge in [0.25, 0.3) is 0 Å². The van der Waals surface area contributed by atoms with Gasteiger partial charge < -0.3 is 14.6 Å². The number of methoxy groups -OCH3 is 1. The Kier molecular flexibility index (Phi) is 5.88. The molecule has 1 unspecified atom stereocenters. The van der Waals surface area contributed by atoms with E-state index < -0.39 is 0 Å². The van der Waals surface area contributed by atoms with Crippen LogP contribution < -0.4 is 10.1 Å². The van der Waals surface area contributed by atoms with Gasteiger partial charge in [-0.3, -0.25) is 9.69 Å². The van der Waals surface area contributed by atoms with Crippen LogP contribution in [0.3, 0.4) is 0 Å². The maximum Gasteiger partial charge on any atom is 0.220 e. The average Bonchev–Trinajstić information content (AvgIpc) is 3.20. The fourth-order valence-electron chi connectivity index (χ4n) is 3.37. The number of pyridine rings is 1. The SMILES string of the molecule is COc1ccc(CN2CCC(NC(=O)CCc3c(C)noc3C)C2)cn1. The normalized spacial score (nSPS) is 17.4. The van der Waals surface area contributed by atoms with E-state index in [0.29, 0.717) is 18.7 Å². The zero-order valence-corrected chi connectivity index (χ0v) is 15.6. The van der Waals surface area contributed by atoms with Gasteiger partial charge in [-0.1, -0.05) is 11.2 Å².